The largest absolute Gasteiger partial charge is 0.486 e. The smallest absolute Gasteiger partial charge is 0.216 e. The van der Waals surface area contributed by atoms with Crippen LogP contribution in [0.1, 0.15) is 16.7 Å². The molecule has 4 aromatic carbocycles. The first-order valence-electron chi connectivity index (χ1n) is 17.0. The number of pyridine rings is 3. The summed E-state index contributed by atoms with van der Waals surface area (Å²) in [6, 6.07) is 40.9. The molecule has 52 heavy (non-hydrogen) atoms. The first kappa shape index (κ1) is 36.7. The Labute approximate surface area is 319 Å². The number of aromatic nitrogens is 3. The molecule has 4 heterocycles. The summed E-state index contributed by atoms with van der Waals surface area (Å²) in [5, 5.41) is 2.85. The second kappa shape index (κ2) is 15.3. The molecule has 0 atom stereocenters. The SMILES string of the molecule is C[Si](C)(C)c1cnc(-c2[c-]cccc2)cc1-c1ccccc1.Cc1cc(C)c(-c2ccnc(-c3[c-]ccc4c3oc3ncc(F)cc34)c2)c(C)c1.[Ir]. The molecule has 0 spiro atoms. The number of hydrogen-bond donors (Lipinski definition) is 0. The van der Waals surface area contributed by atoms with Crippen LogP contribution in [0.5, 0.6) is 0 Å². The fourth-order valence-corrected chi connectivity index (χ4v) is 8.23. The van der Waals surface area contributed by atoms with Crippen molar-refractivity contribution in [3.63, 3.8) is 0 Å². The van der Waals surface area contributed by atoms with E-state index in [-0.39, 0.29) is 25.9 Å². The Morgan fingerprint density at radius 2 is 1.42 bits per heavy atom. The van der Waals surface area contributed by atoms with Crippen LogP contribution in [-0.4, -0.2) is 23.0 Å². The van der Waals surface area contributed by atoms with E-state index in [9.17, 15) is 4.39 Å². The maximum Gasteiger partial charge on any atom is 0.216 e. The number of fused-ring (bicyclic) bond motifs is 3. The zero-order chi connectivity index (χ0) is 35.7. The zero-order valence-electron chi connectivity index (χ0n) is 30.0. The maximum absolute atomic E-state index is 13.7. The molecule has 0 saturated carbocycles. The third kappa shape index (κ3) is 7.58. The predicted octanol–water partition coefficient (Wildman–Crippen LogP) is 11.3. The van der Waals surface area contributed by atoms with Gasteiger partial charge in [0.15, 0.2) is 0 Å². The van der Waals surface area contributed by atoms with Crippen molar-refractivity contribution < 1.29 is 28.9 Å². The molecule has 1 radical (unpaired) electrons. The molecule has 8 aromatic rings. The first-order valence-corrected chi connectivity index (χ1v) is 20.5. The second-order valence-electron chi connectivity index (χ2n) is 13.9. The molecular weight excluding hydrogens is 838 g/mol. The van der Waals surface area contributed by atoms with Crippen LogP contribution < -0.4 is 5.19 Å². The van der Waals surface area contributed by atoms with Gasteiger partial charge in [-0.15, -0.1) is 54.1 Å². The van der Waals surface area contributed by atoms with E-state index < -0.39 is 8.07 Å². The van der Waals surface area contributed by atoms with Crippen molar-refractivity contribution in [3.8, 4) is 44.8 Å². The summed E-state index contributed by atoms with van der Waals surface area (Å²) in [6.45, 7) is 13.5. The van der Waals surface area contributed by atoms with Gasteiger partial charge in [-0.2, -0.15) is 0 Å². The number of benzene rings is 4. The Kier molecular flexibility index (Phi) is 10.8. The minimum atomic E-state index is -1.46. The monoisotopic (exact) mass is 876 g/mol. The number of aryl methyl sites for hydroxylation is 3. The van der Waals surface area contributed by atoms with Gasteiger partial charge < -0.3 is 14.4 Å². The van der Waals surface area contributed by atoms with E-state index in [1.165, 1.54) is 44.6 Å². The molecule has 0 bridgehead atoms. The second-order valence-corrected chi connectivity index (χ2v) is 19.0. The summed E-state index contributed by atoms with van der Waals surface area (Å²) in [5.74, 6) is -0.389. The van der Waals surface area contributed by atoms with Crippen LogP contribution in [0.15, 0.2) is 126 Å². The summed E-state index contributed by atoms with van der Waals surface area (Å²) in [5.41, 5.74) is 13.1. The predicted molar refractivity (Wildman–Crippen MR) is 210 cm³/mol. The van der Waals surface area contributed by atoms with E-state index in [0.717, 1.165) is 39.7 Å². The van der Waals surface area contributed by atoms with Crippen molar-refractivity contribution in [2.24, 2.45) is 0 Å². The van der Waals surface area contributed by atoms with Crippen molar-refractivity contribution in [3.05, 3.63) is 156 Å². The molecule has 7 heteroatoms. The fraction of sp³-hybridized carbons (Fsp3) is 0.133. The van der Waals surface area contributed by atoms with Crippen LogP contribution in [0.4, 0.5) is 4.39 Å². The Balaban J connectivity index is 0.000000182. The molecule has 0 aliphatic rings. The van der Waals surface area contributed by atoms with Gasteiger partial charge in [0.2, 0.25) is 5.71 Å². The minimum absolute atomic E-state index is 0. The molecule has 0 unspecified atom stereocenters. The molecule has 8 rings (SSSR count). The van der Waals surface area contributed by atoms with Crippen molar-refractivity contribution in [1.82, 2.24) is 15.0 Å². The Bertz CT molecular complexity index is 2490. The van der Waals surface area contributed by atoms with Crippen LogP contribution >= 0.6 is 0 Å². The van der Waals surface area contributed by atoms with E-state index in [4.69, 9.17) is 9.40 Å². The molecule has 0 aliphatic heterocycles. The van der Waals surface area contributed by atoms with E-state index in [0.29, 0.717) is 16.7 Å². The molecular formula is C45H38FIrN3OSi-2. The van der Waals surface area contributed by atoms with Gasteiger partial charge >= 0.3 is 0 Å². The van der Waals surface area contributed by atoms with Gasteiger partial charge in [0.25, 0.3) is 0 Å². The van der Waals surface area contributed by atoms with Gasteiger partial charge in [0.1, 0.15) is 5.82 Å². The topological polar surface area (TPSA) is 51.8 Å². The molecule has 4 aromatic heterocycles. The van der Waals surface area contributed by atoms with Gasteiger partial charge in [0, 0.05) is 37.9 Å². The van der Waals surface area contributed by atoms with Crippen LogP contribution in [0, 0.1) is 38.7 Å². The van der Waals surface area contributed by atoms with Crippen LogP contribution in [0.3, 0.4) is 0 Å². The van der Waals surface area contributed by atoms with Crippen molar-refractivity contribution in [2.75, 3.05) is 0 Å². The third-order valence-electron chi connectivity index (χ3n) is 9.02. The molecule has 0 amide bonds. The Hall–Kier alpha value is -5.07. The van der Waals surface area contributed by atoms with Crippen molar-refractivity contribution in [2.45, 2.75) is 40.4 Å². The number of furan rings is 1. The average molecular weight is 876 g/mol. The number of nitrogens with zero attached hydrogens (tertiary/aromatic N) is 3. The Morgan fingerprint density at radius 1 is 0.673 bits per heavy atom. The van der Waals surface area contributed by atoms with E-state index in [2.05, 4.69) is 129 Å². The summed E-state index contributed by atoms with van der Waals surface area (Å²) < 4.78 is 19.6. The number of rotatable bonds is 5. The fourth-order valence-electron chi connectivity index (χ4n) is 6.76. The van der Waals surface area contributed by atoms with Gasteiger partial charge in [-0.05, 0) is 82.9 Å². The molecule has 0 fully saturated rings. The van der Waals surface area contributed by atoms with E-state index in [1.54, 1.807) is 6.20 Å². The standard InChI is InChI=1S/C25H18FN2O.C20H20NSi.Ir/c1-14-9-15(2)23(16(3)10-14)17-7-8-27-22(11-17)20-6-4-5-19-21-12-18(26)13-28-25(21)29-24(19)20;1-22(2,3)20-15-21-19(17-12-8-5-9-13-17)14-18(20)16-10-6-4-7-11-16;/h4-5,7-13H,1-3H3;4-12,14-15H,1-3H3;/q2*-1;. The van der Waals surface area contributed by atoms with Crippen LogP contribution in [0.2, 0.25) is 19.6 Å². The average Bonchev–Trinajstić information content (AvgIpc) is 3.50. The van der Waals surface area contributed by atoms with Gasteiger partial charge in [-0.25, -0.2) is 9.37 Å². The summed E-state index contributed by atoms with van der Waals surface area (Å²) in [4.78, 5) is 13.3. The van der Waals surface area contributed by atoms with E-state index >= 15 is 0 Å². The number of hydrogen-bond acceptors (Lipinski definition) is 4. The van der Waals surface area contributed by atoms with Crippen LogP contribution in [0.25, 0.3) is 66.8 Å². The molecule has 0 N–H and O–H groups in total. The first-order chi connectivity index (χ1) is 24.6. The van der Waals surface area contributed by atoms with Gasteiger partial charge in [0.05, 0.1) is 19.9 Å². The van der Waals surface area contributed by atoms with Crippen molar-refractivity contribution in [1.29, 1.82) is 0 Å². The van der Waals surface area contributed by atoms with Crippen LogP contribution in [-0.2, 0) is 20.1 Å². The third-order valence-corrected chi connectivity index (χ3v) is 11.0. The molecule has 0 aliphatic carbocycles. The van der Waals surface area contributed by atoms with Crippen molar-refractivity contribution >= 4 is 35.3 Å². The maximum atomic E-state index is 13.7. The summed E-state index contributed by atoms with van der Waals surface area (Å²) >= 11 is 0. The minimum Gasteiger partial charge on any atom is -0.486 e. The number of halogens is 1. The molecule has 0 saturated heterocycles. The molecule has 4 nitrogen and oxygen atoms in total. The molecule has 261 valence electrons. The van der Waals surface area contributed by atoms with E-state index in [1.807, 2.05) is 36.4 Å². The van der Waals surface area contributed by atoms with Gasteiger partial charge in [-0.1, -0.05) is 90.8 Å². The quantitative estimate of drug-likeness (QED) is 0.128. The summed E-state index contributed by atoms with van der Waals surface area (Å²) in [7, 11) is -1.46. The Morgan fingerprint density at radius 3 is 2.13 bits per heavy atom. The summed E-state index contributed by atoms with van der Waals surface area (Å²) in [6.07, 6.45) is 5.04. The normalized spacial score (nSPS) is 11.2. The zero-order valence-corrected chi connectivity index (χ0v) is 33.4. The van der Waals surface area contributed by atoms with Gasteiger partial charge in [-0.3, -0.25) is 0 Å².